The summed E-state index contributed by atoms with van der Waals surface area (Å²) in [5.74, 6) is 2.19. The molecule has 0 saturated carbocycles. The van der Waals surface area contributed by atoms with Crippen LogP contribution in [0.1, 0.15) is 63.0 Å². The molecule has 0 bridgehead atoms. The quantitative estimate of drug-likeness (QED) is 0.424. The van der Waals surface area contributed by atoms with Gasteiger partial charge >= 0.3 is 0 Å². The van der Waals surface area contributed by atoms with Gasteiger partial charge in [0.05, 0.1) is 0 Å². The number of carbonyl (C=O) groups excluding carboxylic acids is 1. The van der Waals surface area contributed by atoms with Gasteiger partial charge in [-0.25, -0.2) is 0 Å². The van der Waals surface area contributed by atoms with Crippen LogP contribution in [0.15, 0.2) is 72.8 Å². The van der Waals surface area contributed by atoms with Crippen LogP contribution in [0.2, 0.25) is 0 Å². The average molecular weight is 403 g/mol. The third-order valence-corrected chi connectivity index (χ3v) is 4.61. The van der Waals surface area contributed by atoms with Gasteiger partial charge < -0.3 is 9.47 Å². The predicted octanol–water partition coefficient (Wildman–Crippen LogP) is 7.18. The van der Waals surface area contributed by atoms with E-state index in [1.165, 1.54) is 5.56 Å². The molecule has 0 aliphatic rings. The van der Waals surface area contributed by atoms with Crippen LogP contribution in [0.3, 0.4) is 0 Å². The first kappa shape index (κ1) is 21.6. The SMILES string of the molecule is CC(C)(C)Oc1ccc(C(=O)c2ccc(Oc3ccc(C(C)(C)C)cc3)cc2)cc1. The minimum Gasteiger partial charge on any atom is -0.488 e. The molecule has 0 N–H and O–H groups in total. The molecule has 0 aliphatic carbocycles. The van der Waals surface area contributed by atoms with Crippen LogP contribution in [0.25, 0.3) is 0 Å². The molecule has 0 heterocycles. The summed E-state index contributed by atoms with van der Waals surface area (Å²) in [6.07, 6.45) is 0. The fourth-order valence-corrected chi connectivity index (χ4v) is 3.03. The Morgan fingerprint density at radius 3 is 1.40 bits per heavy atom. The summed E-state index contributed by atoms with van der Waals surface area (Å²) < 4.78 is 11.7. The minimum atomic E-state index is -0.269. The molecular formula is C27H30O3. The van der Waals surface area contributed by atoms with E-state index in [9.17, 15) is 4.79 Å². The van der Waals surface area contributed by atoms with Crippen molar-refractivity contribution < 1.29 is 14.3 Å². The van der Waals surface area contributed by atoms with Crippen molar-refractivity contribution in [2.24, 2.45) is 0 Å². The highest BCUT2D eigenvalue weighted by molar-refractivity contribution is 6.09. The van der Waals surface area contributed by atoms with Crippen LogP contribution in [-0.4, -0.2) is 11.4 Å². The first-order valence-electron chi connectivity index (χ1n) is 10.2. The Morgan fingerprint density at radius 2 is 1.00 bits per heavy atom. The fraction of sp³-hybridized carbons (Fsp3) is 0.296. The molecule has 0 fully saturated rings. The van der Waals surface area contributed by atoms with Gasteiger partial charge in [0.2, 0.25) is 0 Å². The molecule has 0 aliphatic heterocycles. The number of ketones is 1. The topological polar surface area (TPSA) is 35.5 Å². The van der Waals surface area contributed by atoms with Crippen molar-refractivity contribution in [2.75, 3.05) is 0 Å². The zero-order valence-electron chi connectivity index (χ0n) is 18.7. The second-order valence-corrected chi connectivity index (χ2v) is 9.47. The maximum Gasteiger partial charge on any atom is 0.193 e. The smallest absolute Gasteiger partial charge is 0.193 e. The van der Waals surface area contributed by atoms with Crippen LogP contribution in [0.5, 0.6) is 17.2 Å². The lowest BCUT2D eigenvalue weighted by atomic mass is 9.87. The van der Waals surface area contributed by atoms with Crippen molar-refractivity contribution in [3.05, 3.63) is 89.5 Å². The standard InChI is InChI=1S/C27H30O3/c1-26(2,3)21-11-17-23(18-12-21)29-22-13-7-19(8-14-22)25(28)20-9-15-24(16-10-20)30-27(4,5)6/h7-18H,1-6H3. The molecule has 30 heavy (non-hydrogen) atoms. The molecular weight excluding hydrogens is 372 g/mol. The Bertz CT molecular complexity index is 984. The molecule has 0 amide bonds. The maximum atomic E-state index is 12.8. The number of carbonyl (C=O) groups is 1. The first-order valence-corrected chi connectivity index (χ1v) is 10.2. The van der Waals surface area contributed by atoms with Gasteiger partial charge in [-0.2, -0.15) is 0 Å². The van der Waals surface area contributed by atoms with Gasteiger partial charge in [0.25, 0.3) is 0 Å². The molecule has 3 rings (SSSR count). The van der Waals surface area contributed by atoms with Crippen LogP contribution in [0.4, 0.5) is 0 Å². The van der Waals surface area contributed by atoms with Crippen LogP contribution in [0, 0.1) is 0 Å². The van der Waals surface area contributed by atoms with Crippen molar-refractivity contribution in [3.8, 4) is 17.2 Å². The second-order valence-electron chi connectivity index (χ2n) is 9.47. The molecule has 0 radical (unpaired) electrons. The molecule has 0 unspecified atom stereocenters. The van der Waals surface area contributed by atoms with Gasteiger partial charge in [0, 0.05) is 11.1 Å². The second kappa shape index (κ2) is 8.35. The van der Waals surface area contributed by atoms with Gasteiger partial charge in [-0.05, 0) is 92.4 Å². The van der Waals surface area contributed by atoms with Crippen LogP contribution in [-0.2, 0) is 5.41 Å². The highest BCUT2D eigenvalue weighted by Gasteiger charge is 2.14. The first-order chi connectivity index (χ1) is 14.0. The summed E-state index contributed by atoms with van der Waals surface area (Å²) in [7, 11) is 0. The number of ether oxygens (including phenoxy) is 2. The van der Waals surface area contributed by atoms with Gasteiger partial charge in [-0.1, -0.05) is 32.9 Å². The molecule has 0 aromatic heterocycles. The van der Waals surface area contributed by atoms with Gasteiger partial charge in [-0.15, -0.1) is 0 Å². The number of rotatable bonds is 5. The maximum absolute atomic E-state index is 12.8. The number of hydrogen-bond donors (Lipinski definition) is 0. The molecule has 0 spiro atoms. The van der Waals surface area contributed by atoms with Crippen molar-refractivity contribution >= 4 is 5.78 Å². The average Bonchev–Trinajstić information content (AvgIpc) is 2.67. The largest absolute Gasteiger partial charge is 0.488 e. The summed E-state index contributed by atoms with van der Waals surface area (Å²) in [4.78, 5) is 12.8. The van der Waals surface area contributed by atoms with E-state index >= 15 is 0 Å². The molecule has 0 saturated heterocycles. The Kier molecular flexibility index (Phi) is 6.02. The van der Waals surface area contributed by atoms with Crippen LogP contribution >= 0.6 is 0 Å². The Balaban J connectivity index is 1.67. The number of benzene rings is 3. The lowest BCUT2D eigenvalue weighted by molar-refractivity contribution is 0.103. The van der Waals surface area contributed by atoms with E-state index in [1.807, 2.05) is 57.2 Å². The third-order valence-electron chi connectivity index (χ3n) is 4.61. The van der Waals surface area contributed by atoms with Gasteiger partial charge in [0.1, 0.15) is 22.8 Å². The Labute approximate surface area is 179 Å². The Morgan fingerprint density at radius 1 is 0.600 bits per heavy atom. The number of hydrogen-bond acceptors (Lipinski definition) is 3. The lowest BCUT2D eigenvalue weighted by Gasteiger charge is -2.21. The van der Waals surface area contributed by atoms with E-state index in [0.29, 0.717) is 16.9 Å². The lowest BCUT2D eigenvalue weighted by Crippen LogP contribution is -2.22. The fourth-order valence-electron chi connectivity index (χ4n) is 3.03. The summed E-state index contributed by atoms with van der Waals surface area (Å²) >= 11 is 0. The molecule has 156 valence electrons. The zero-order chi connectivity index (χ0) is 21.9. The molecule has 3 nitrogen and oxygen atoms in total. The van der Waals surface area contributed by atoms with Gasteiger partial charge in [0.15, 0.2) is 5.78 Å². The predicted molar refractivity (Wildman–Crippen MR) is 122 cm³/mol. The van der Waals surface area contributed by atoms with E-state index in [2.05, 4.69) is 32.9 Å². The minimum absolute atomic E-state index is 0.0293. The van der Waals surface area contributed by atoms with Crippen molar-refractivity contribution in [2.45, 2.75) is 52.6 Å². The molecule has 3 aromatic carbocycles. The van der Waals surface area contributed by atoms with Crippen LogP contribution < -0.4 is 9.47 Å². The van der Waals surface area contributed by atoms with E-state index < -0.39 is 0 Å². The summed E-state index contributed by atoms with van der Waals surface area (Å²) in [5, 5.41) is 0. The summed E-state index contributed by atoms with van der Waals surface area (Å²) in [5.41, 5.74) is 2.35. The highest BCUT2D eigenvalue weighted by atomic mass is 16.5. The van der Waals surface area contributed by atoms with E-state index in [-0.39, 0.29) is 16.8 Å². The normalized spacial score (nSPS) is 11.8. The summed E-state index contributed by atoms with van der Waals surface area (Å²) in [6, 6.07) is 22.6. The van der Waals surface area contributed by atoms with Gasteiger partial charge in [-0.3, -0.25) is 4.79 Å². The molecule has 3 aromatic rings. The van der Waals surface area contributed by atoms with Crippen molar-refractivity contribution in [1.29, 1.82) is 0 Å². The van der Waals surface area contributed by atoms with E-state index in [0.717, 1.165) is 11.5 Å². The van der Waals surface area contributed by atoms with E-state index in [4.69, 9.17) is 9.47 Å². The molecule has 0 atom stereocenters. The zero-order valence-corrected chi connectivity index (χ0v) is 18.7. The van der Waals surface area contributed by atoms with Crippen molar-refractivity contribution in [3.63, 3.8) is 0 Å². The van der Waals surface area contributed by atoms with Crippen molar-refractivity contribution in [1.82, 2.24) is 0 Å². The van der Waals surface area contributed by atoms with E-state index in [1.54, 1.807) is 24.3 Å². The summed E-state index contributed by atoms with van der Waals surface area (Å²) in [6.45, 7) is 12.5. The highest BCUT2D eigenvalue weighted by Crippen LogP contribution is 2.27. The third kappa shape index (κ3) is 5.73. The monoisotopic (exact) mass is 402 g/mol. The molecule has 3 heteroatoms. The Hall–Kier alpha value is -3.07.